The second-order valence-corrected chi connectivity index (χ2v) is 5.85. The highest BCUT2D eigenvalue weighted by Gasteiger charge is 2.21. The predicted molar refractivity (Wildman–Crippen MR) is 83.5 cm³/mol. The molecule has 2 aromatic heterocycles. The van der Waals surface area contributed by atoms with Gasteiger partial charge in [-0.25, -0.2) is 4.98 Å². The molecule has 0 amide bonds. The Balaban J connectivity index is 2.19. The van der Waals surface area contributed by atoms with E-state index in [0.29, 0.717) is 5.88 Å². The van der Waals surface area contributed by atoms with Crippen LogP contribution in [0.3, 0.4) is 0 Å². The molecule has 0 spiro atoms. The maximum atomic E-state index is 5.97. The fourth-order valence-electron chi connectivity index (χ4n) is 2.27. The smallest absolute Gasteiger partial charge is 0.230 e. The number of hydrogen-bond donors (Lipinski definition) is 1. The molecular weight excluding hydrogens is 286 g/mol. The van der Waals surface area contributed by atoms with Crippen molar-refractivity contribution in [1.29, 1.82) is 0 Å². The van der Waals surface area contributed by atoms with Gasteiger partial charge in [0.1, 0.15) is 11.4 Å². The van der Waals surface area contributed by atoms with Crippen molar-refractivity contribution in [2.24, 2.45) is 0 Å². The van der Waals surface area contributed by atoms with Crippen molar-refractivity contribution in [3.8, 4) is 27.4 Å². The van der Waals surface area contributed by atoms with E-state index in [1.54, 1.807) is 18.4 Å². The van der Waals surface area contributed by atoms with Crippen LogP contribution in [0.5, 0.6) is 5.75 Å². The number of benzene rings is 1. The quantitative estimate of drug-likeness (QED) is 0.799. The first-order chi connectivity index (χ1) is 10.1. The van der Waals surface area contributed by atoms with E-state index in [1.807, 2.05) is 38.1 Å². The molecule has 3 aromatic rings. The summed E-state index contributed by atoms with van der Waals surface area (Å²) in [4.78, 5) is 5.41. The highest BCUT2D eigenvalue weighted by atomic mass is 32.1. The molecule has 0 unspecified atom stereocenters. The lowest BCUT2D eigenvalue weighted by Crippen LogP contribution is -1.89. The molecule has 2 heterocycles. The zero-order valence-corrected chi connectivity index (χ0v) is 12.8. The summed E-state index contributed by atoms with van der Waals surface area (Å²) in [5, 5.41) is 5.11. The van der Waals surface area contributed by atoms with Gasteiger partial charge in [0.25, 0.3) is 0 Å². The zero-order chi connectivity index (χ0) is 15.0. The molecule has 0 aliphatic heterocycles. The number of hydrogen-bond acceptors (Lipinski definition) is 6. The lowest BCUT2D eigenvalue weighted by Gasteiger charge is -2.04. The Morgan fingerprint density at radius 2 is 2.10 bits per heavy atom. The van der Waals surface area contributed by atoms with E-state index in [0.717, 1.165) is 38.1 Å². The summed E-state index contributed by atoms with van der Waals surface area (Å²) in [6.45, 7) is 3.93. The average molecular weight is 301 g/mol. The fourth-order valence-corrected chi connectivity index (χ4v) is 3.17. The van der Waals surface area contributed by atoms with Crippen LogP contribution in [0.25, 0.3) is 21.7 Å². The lowest BCUT2D eigenvalue weighted by molar-refractivity contribution is 0.415. The van der Waals surface area contributed by atoms with Gasteiger partial charge in [-0.15, -0.1) is 11.3 Å². The Bertz CT molecular complexity index is 792. The molecule has 0 saturated carbocycles. The summed E-state index contributed by atoms with van der Waals surface area (Å²) >= 11 is 1.58. The molecule has 21 heavy (non-hydrogen) atoms. The van der Waals surface area contributed by atoms with Crippen LogP contribution in [0.1, 0.15) is 10.7 Å². The fraction of sp³-hybridized carbons (Fsp3) is 0.200. The van der Waals surface area contributed by atoms with E-state index >= 15 is 0 Å². The minimum atomic E-state index is 0.295. The van der Waals surface area contributed by atoms with Crippen molar-refractivity contribution in [2.75, 3.05) is 12.8 Å². The topological polar surface area (TPSA) is 74.2 Å². The second kappa shape index (κ2) is 5.21. The van der Waals surface area contributed by atoms with Crippen LogP contribution in [0.2, 0.25) is 0 Å². The zero-order valence-electron chi connectivity index (χ0n) is 12.0. The van der Waals surface area contributed by atoms with Crippen molar-refractivity contribution in [3.63, 3.8) is 0 Å². The standard InChI is InChI=1S/C15H15N3O2S/c1-8-14(21-9(2)17-8)13-12(15(16)20-18-13)10-5-4-6-11(7-10)19-3/h4-7H,16H2,1-3H3. The number of methoxy groups -OCH3 is 1. The third kappa shape index (κ3) is 2.38. The maximum Gasteiger partial charge on any atom is 0.230 e. The van der Waals surface area contributed by atoms with Crippen LogP contribution in [0, 0.1) is 13.8 Å². The molecule has 108 valence electrons. The first kappa shape index (κ1) is 13.6. The van der Waals surface area contributed by atoms with E-state index in [1.165, 1.54) is 0 Å². The SMILES string of the molecule is COc1cccc(-c2c(-c3sc(C)nc3C)noc2N)c1. The number of anilines is 1. The van der Waals surface area contributed by atoms with Gasteiger partial charge >= 0.3 is 0 Å². The van der Waals surface area contributed by atoms with Gasteiger partial charge in [0.05, 0.1) is 28.3 Å². The Morgan fingerprint density at radius 3 is 2.76 bits per heavy atom. The molecule has 0 atom stereocenters. The van der Waals surface area contributed by atoms with Crippen LogP contribution in [-0.4, -0.2) is 17.3 Å². The first-order valence-electron chi connectivity index (χ1n) is 6.44. The third-order valence-corrected chi connectivity index (χ3v) is 4.28. The molecule has 0 saturated heterocycles. The summed E-state index contributed by atoms with van der Waals surface area (Å²) < 4.78 is 10.5. The number of aryl methyl sites for hydroxylation is 2. The van der Waals surface area contributed by atoms with Gasteiger partial charge in [-0.3, -0.25) is 0 Å². The molecule has 1 aromatic carbocycles. The van der Waals surface area contributed by atoms with Crippen LogP contribution < -0.4 is 10.5 Å². The monoisotopic (exact) mass is 301 g/mol. The van der Waals surface area contributed by atoms with E-state index in [4.69, 9.17) is 15.0 Å². The van der Waals surface area contributed by atoms with Crippen molar-refractivity contribution in [2.45, 2.75) is 13.8 Å². The highest BCUT2D eigenvalue weighted by Crippen LogP contribution is 2.40. The van der Waals surface area contributed by atoms with Gasteiger partial charge < -0.3 is 15.0 Å². The molecule has 5 nitrogen and oxygen atoms in total. The number of aromatic nitrogens is 2. The Labute approximate surface area is 126 Å². The van der Waals surface area contributed by atoms with Gasteiger partial charge in [0, 0.05) is 0 Å². The largest absolute Gasteiger partial charge is 0.497 e. The maximum absolute atomic E-state index is 5.97. The minimum absolute atomic E-state index is 0.295. The predicted octanol–water partition coefficient (Wildman–Crippen LogP) is 3.67. The molecule has 0 aliphatic rings. The minimum Gasteiger partial charge on any atom is -0.497 e. The Morgan fingerprint density at radius 1 is 1.29 bits per heavy atom. The summed E-state index contributed by atoms with van der Waals surface area (Å²) in [6.07, 6.45) is 0. The Hall–Kier alpha value is -2.34. The van der Waals surface area contributed by atoms with Crippen LogP contribution >= 0.6 is 11.3 Å². The van der Waals surface area contributed by atoms with Crippen molar-refractivity contribution >= 4 is 17.2 Å². The Kier molecular flexibility index (Phi) is 3.39. The van der Waals surface area contributed by atoms with Gasteiger partial charge in [-0.05, 0) is 31.5 Å². The normalized spacial score (nSPS) is 10.8. The molecular formula is C15H15N3O2S. The summed E-state index contributed by atoms with van der Waals surface area (Å²) in [6, 6.07) is 7.66. The number of nitrogens with two attached hydrogens (primary N) is 1. The molecule has 0 radical (unpaired) electrons. The molecule has 2 N–H and O–H groups in total. The highest BCUT2D eigenvalue weighted by molar-refractivity contribution is 7.15. The van der Waals surface area contributed by atoms with E-state index in [-0.39, 0.29) is 0 Å². The molecule has 0 aliphatic carbocycles. The van der Waals surface area contributed by atoms with E-state index in [2.05, 4.69) is 10.1 Å². The third-order valence-electron chi connectivity index (χ3n) is 3.20. The second-order valence-electron chi connectivity index (χ2n) is 4.65. The number of nitrogens with zero attached hydrogens (tertiary/aromatic N) is 2. The van der Waals surface area contributed by atoms with Gasteiger partial charge in [-0.1, -0.05) is 17.3 Å². The summed E-state index contributed by atoms with van der Waals surface area (Å²) in [7, 11) is 1.63. The number of thiazole rings is 1. The average Bonchev–Trinajstić information content (AvgIpc) is 3.01. The van der Waals surface area contributed by atoms with Crippen LogP contribution in [0.15, 0.2) is 28.8 Å². The van der Waals surface area contributed by atoms with Gasteiger partial charge in [0.15, 0.2) is 0 Å². The van der Waals surface area contributed by atoms with Gasteiger partial charge in [0.2, 0.25) is 5.88 Å². The number of rotatable bonds is 3. The lowest BCUT2D eigenvalue weighted by atomic mass is 10.0. The summed E-state index contributed by atoms with van der Waals surface area (Å²) in [5.41, 5.74) is 9.31. The molecule has 3 rings (SSSR count). The molecule has 6 heteroatoms. The van der Waals surface area contributed by atoms with E-state index < -0.39 is 0 Å². The van der Waals surface area contributed by atoms with Crippen molar-refractivity contribution in [1.82, 2.24) is 10.1 Å². The number of ether oxygens (including phenoxy) is 1. The van der Waals surface area contributed by atoms with Crippen molar-refractivity contribution < 1.29 is 9.26 Å². The summed E-state index contributed by atoms with van der Waals surface area (Å²) in [5.74, 6) is 1.06. The van der Waals surface area contributed by atoms with E-state index in [9.17, 15) is 0 Å². The number of nitrogen functional groups attached to an aromatic ring is 1. The van der Waals surface area contributed by atoms with Crippen molar-refractivity contribution in [3.05, 3.63) is 35.0 Å². The first-order valence-corrected chi connectivity index (χ1v) is 7.25. The van der Waals surface area contributed by atoms with Gasteiger partial charge in [-0.2, -0.15) is 0 Å². The van der Waals surface area contributed by atoms with Crippen LogP contribution in [-0.2, 0) is 0 Å². The molecule has 0 fully saturated rings. The van der Waals surface area contributed by atoms with Crippen LogP contribution in [0.4, 0.5) is 5.88 Å². The molecule has 0 bridgehead atoms.